The third-order valence-electron chi connectivity index (χ3n) is 2.76. The smallest absolute Gasteiger partial charge is 0.361 e. The first-order chi connectivity index (χ1) is 8.41. The van der Waals surface area contributed by atoms with Gasteiger partial charge in [-0.1, -0.05) is 24.8 Å². The summed E-state index contributed by atoms with van der Waals surface area (Å²) in [5, 5.41) is 17.6. The molecule has 0 aliphatic rings. The molecule has 1 aromatic heterocycles. The summed E-state index contributed by atoms with van der Waals surface area (Å²) >= 11 is 0. The molecule has 0 saturated heterocycles. The Morgan fingerprint density at radius 1 is 1.67 bits per heavy atom. The zero-order valence-corrected chi connectivity index (χ0v) is 11.0. The Hall–Kier alpha value is -1.69. The molecule has 1 rings (SSSR count). The number of hydrogen-bond acceptors (Lipinski definition) is 5. The molecule has 100 valence electrons. The maximum Gasteiger partial charge on any atom is 0.361 e. The van der Waals surface area contributed by atoms with Gasteiger partial charge in [-0.05, 0) is 20.3 Å². The lowest BCUT2D eigenvalue weighted by Crippen LogP contribution is -2.30. The summed E-state index contributed by atoms with van der Waals surface area (Å²) < 4.78 is 6.40. The summed E-state index contributed by atoms with van der Waals surface area (Å²) in [5.74, 6) is -0.533. The third-order valence-corrected chi connectivity index (χ3v) is 2.76. The number of hydrogen-bond donors (Lipinski definition) is 1. The van der Waals surface area contributed by atoms with Crippen molar-refractivity contribution in [2.45, 2.75) is 39.3 Å². The van der Waals surface area contributed by atoms with E-state index in [0.29, 0.717) is 12.1 Å². The Morgan fingerprint density at radius 2 is 2.33 bits per heavy atom. The van der Waals surface area contributed by atoms with Crippen molar-refractivity contribution in [2.24, 2.45) is 0 Å². The summed E-state index contributed by atoms with van der Waals surface area (Å²) in [5.41, 5.74) is -0.123. The first kappa shape index (κ1) is 14.4. The second kappa shape index (κ2) is 5.77. The molecule has 1 heterocycles. The standard InChI is InChI=1S/C12H19N3O3/c1-5-7-18-11(16)10-9(3)15(14-13-10)8-12(4,17)6-2/h5,17H,1,6-8H2,2-4H3. The molecule has 0 radical (unpaired) electrons. The Labute approximate surface area is 106 Å². The zero-order chi connectivity index (χ0) is 13.8. The first-order valence-electron chi connectivity index (χ1n) is 5.81. The van der Waals surface area contributed by atoms with E-state index < -0.39 is 11.6 Å². The molecule has 0 saturated carbocycles. The monoisotopic (exact) mass is 253 g/mol. The third kappa shape index (κ3) is 3.40. The van der Waals surface area contributed by atoms with Crippen LogP contribution in [0.1, 0.15) is 36.5 Å². The highest BCUT2D eigenvalue weighted by molar-refractivity contribution is 5.88. The van der Waals surface area contributed by atoms with Crippen LogP contribution in [-0.4, -0.2) is 38.3 Å². The molecular formula is C12H19N3O3. The van der Waals surface area contributed by atoms with E-state index in [-0.39, 0.29) is 18.8 Å². The topological polar surface area (TPSA) is 77.2 Å². The number of carbonyl (C=O) groups is 1. The maximum atomic E-state index is 11.6. The molecule has 0 spiro atoms. The van der Waals surface area contributed by atoms with Crippen LogP contribution in [0.4, 0.5) is 0 Å². The van der Waals surface area contributed by atoms with Gasteiger partial charge in [0.15, 0.2) is 5.69 Å². The van der Waals surface area contributed by atoms with Crippen LogP contribution in [0.5, 0.6) is 0 Å². The normalized spacial score (nSPS) is 14.0. The highest BCUT2D eigenvalue weighted by Crippen LogP contribution is 2.14. The zero-order valence-electron chi connectivity index (χ0n) is 11.0. The first-order valence-corrected chi connectivity index (χ1v) is 5.81. The van der Waals surface area contributed by atoms with Crippen molar-refractivity contribution in [3.05, 3.63) is 24.0 Å². The van der Waals surface area contributed by atoms with E-state index in [2.05, 4.69) is 16.9 Å². The van der Waals surface area contributed by atoms with Crippen LogP contribution >= 0.6 is 0 Å². The highest BCUT2D eigenvalue weighted by Gasteiger charge is 2.23. The van der Waals surface area contributed by atoms with Gasteiger partial charge in [-0.25, -0.2) is 9.48 Å². The van der Waals surface area contributed by atoms with Crippen molar-refractivity contribution in [3.8, 4) is 0 Å². The minimum absolute atomic E-state index is 0.137. The van der Waals surface area contributed by atoms with Crippen LogP contribution < -0.4 is 0 Å². The number of carbonyl (C=O) groups excluding carboxylic acids is 1. The molecule has 1 atom stereocenters. The predicted octanol–water partition coefficient (Wildman–Crippen LogP) is 1.09. The maximum absolute atomic E-state index is 11.6. The molecule has 6 nitrogen and oxygen atoms in total. The van der Waals surface area contributed by atoms with Gasteiger partial charge in [-0.15, -0.1) is 5.10 Å². The minimum atomic E-state index is -0.874. The van der Waals surface area contributed by atoms with E-state index in [0.717, 1.165) is 0 Å². The fraction of sp³-hybridized carbons (Fsp3) is 0.583. The van der Waals surface area contributed by atoms with Crippen LogP contribution in [0.15, 0.2) is 12.7 Å². The van der Waals surface area contributed by atoms with E-state index in [1.165, 1.54) is 10.8 Å². The molecule has 0 aliphatic carbocycles. The van der Waals surface area contributed by atoms with Crippen molar-refractivity contribution >= 4 is 5.97 Å². The summed E-state index contributed by atoms with van der Waals surface area (Å²) in [7, 11) is 0. The van der Waals surface area contributed by atoms with E-state index >= 15 is 0 Å². The van der Waals surface area contributed by atoms with Gasteiger partial charge in [0.05, 0.1) is 17.8 Å². The second-order valence-electron chi connectivity index (χ2n) is 4.42. The summed E-state index contributed by atoms with van der Waals surface area (Å²) in [6, 6.07) is 0. The molecular weight excluding hydrogens is 234 g/mol. The fourth-order valence-corrected chi connectivity index (χ4v) is 1.34. The van der Waals surface area contributed by atoms with Crippen LogP contribution in [0.3, 0.4) is 0 Å². The Balaban J connectivity index is 2.84. The molecule has 0 aliphatic heterocycles. The van der Waals surface area contributed by atoms with Gasteiger partial charge in [0, 0.05) is 0 Å². The molecule has 18 heavy (non-hydrogen) atoms. The van der Waals surface area contributed by atoms with E-state index in [9.17, 15) is 9.90 Å². The average molecular weight is 253 g/mol. The molecule has 6 heteroatoms. The van der Waals surface area contributed by atoms with E-state index in [1.807, 2.05) is 6.92 Å². The minimum Gasteiger partial charge on any atom is -0.457 e. The van der Waals surface area contributed by atoms with Gasteiger partial charge in [0.25, 0.3) is 0 Å². The van der Waals surface area contributed by atoms with Gasteiger partial charge >= 0.3 is 5.97 Å². The summed E-state index contributed by atoms with van der Waals surface area (Å²) in [6.07, 6.45) is 2.07. The molecule has 1 aromatic rings. The van der Waals surface area contributed by atoms with Crippen molar-refractivity contribution in [3.63, 3.8) is 0 Å². The molecule has 1 N–H and O–H groups in total. The van der Waals surface area contributed by atoms with Gasteiger partial charge in [-0.2, -0.15) is 0 Å². The van der Waals surface area contributed by atoms with Gasteiger partial charge < -0.3 is 9.84 Å². The van der Waals surface area contributed by atoms with Crippen LogP contribution in [0.25, 0.3) is 0 Å². The lowest BCUT2D eigenvalue weighted by molar-refractivity contribution is 0.0332. The molecule has 0 aromatic carbocycles. The average Bonchev–Trinajstić information content (AvgIpc) is 2.67. The second-order valence-corrected chi connectivity index (χ2v) is 4.42. The Bertz CT molecular complexity index is 438. The highest BCUT2D eigenvalue weighted by atomic mass is 16.5. The number of nitrogens with zero attached hydrogens (tertiary/aromatic N) is 3. The van der Waals surface area contributed by atoms with Gasteiger partial charge in [0.1, 0.15) is 6.61 Å². The van der Waals surface area contributed by atoms with Crippen LogP contribution in [0.2, 0.25) is 0 Å². The number of ether oxygens (including phenoxy) is 1. The Morgan fingerprint density at radius 3 is 2.89 bits per heavy atom. The summed E-state index contributed by atoms with van der Waals surface area (Å²) in [4.78, 5) is 11.6. The lowest BCUT2D eigenvalue weighted by atomic mass is 10.0. The number of rotatable bonds is 6. The quantitative estimate of drug-likeness (QED) is 0.606. The summed E-state index contributed by atoms with van der Waals surface area (Å²) in [6.45, 7) is 9.20. The number of esters is 1. The SMILES string of the molecule is C=CCOC(=O)c1nnn(CC(C)(O)CC)c1C. The van der Waals surface area contributed by atoms with E-state index in [1.54, 1.807) is 13.8 Å². The Kier molecular flexibility index (Phi) is 4.61. The fourth-order valence-electron chi connectivity index (χ4n) is 1.34. The number of aromatic nitrogens is 3. The molecule has 0 amide bonds. The largest absolute Gasteiger partial charge is 0.457 e. The molecule has 0 fully saturated rings. The van der Waals surface area contributed by atoms with E-state index in [4.69, 9.17) is 4.74 Å². The predicted molar refractivity (Wildman–Crippen MR) is 66.2 cm³/mol. The lowest BCUT2D eigenvalue weighted by Gasteiger charge is -2.21. The van der Waals surface area contributed by atoms with Gasteiger partial charge in [0.2, 0.25) is 0 Å². The van der Waals surface area contributed by atoms with Crippen molar-refractivity contribution in [2.75, 3.05) is 6.61 Å². The van der Waals surface area contributed by atoms with Crippen molar-refractivity contribution in [1.29, 1.82) is 0 Å². The molecule has 0 bridgehead atoms. The van der Waals surface area contributed by atoms with Crippen molar-refractivity contribution in [1.82, 2.24) is 15.0 Å². The number of aliphatic hydroxyl groups is 1. The van der Waals surface area contributed by atoms with Crippen molar-refractivity contribution < 1.29 is 14.6 Å². The van der Waals surface area contributed by atoms with Crippen LogP contribution in [-0.2, 0) is 11.3 Å². The molecule has 1 unspecified atom stereocenters. The van der Waals surface area contributed by atoms with Gasteiger partial charge in [-0.3, -0.25) is 0 Å². The van der Waals surface area contributed by atoms with Crippen LogP contribution in [0, 0.1) is 6.92 Å².